The average Bonchev–Trinajstić information content (AvgIpc) is 2.74. The van der Waals surface area contributed by atoms with E-state index in [4.69, 9.17) is 14.7 Å². The van der Waals surface area contributed by atoms with Crippen molar-refractivity contribution < 1.29 is 19.1 Å². The van der Waals surface area contributed by atoms with Crippen LogP contribution in [0.25, 0.3) is 0 Å². The summed E-state index contributed by atoms with van der Waals surface area (Å²) in [6.07, 6.45) is 0. The fourth-order valence-corrected chi connectivity index (χ4v) is 2.08. The first kappa shape index (κ1) is 21.4. The predicted octanol–water partition coefficient (Wildman–Crippen LogP) is 1.94. The van der Waals surface area contributed by atoms with E-state index >= 15 is 0 Å². The van der Waals surface area contributed by atoms with Crippen molar-refractivity contribution in [2.45, 2.75) is 6.92 Å². The summed E-state index contributed by atoms with van der Waals surface area (Å²) in [4.78, 5) is 24.9. The highest BCUT2D eigenvalue weighted by molar-refractivity contribution is 5.99. The van der Waals surface area contributed by atoms with Crippen LogP contribution >= 0.6 is 0 Å². The fourth-order valence-electron chi connectivity index (χ4n) is 2.08. The zero-order valence-electron chi connectivity index (χ0n) is 16.5. The van der Waals surface area contributed by atoms with Gasteiger partial charge in [0.05, 0.1) is 17.3 Å². The minimum absolute atomic E-state index is 0.0330. The number of carbonyl (C=O) groups is 2. The van der Waals surface area contributed by atoms with Gasteiger partial charge >= 0.3 is 0 Å². The van der Waals surface area contributed by atoms with Crippen molar-refractivity contribution in [2.24, 2.45) is 5.10 Å². The lowest BCUT2D eigenvalue weighted by Crippen LogP contribution is -2.27. The van der Waals surface area contributed by atoms with Crippen LogP contribution in [0.5, 0.6) is 11.5 Å². The summed E-state index contributed by atoms with van der Waals surface area (Å²) in [7, 11) is 3.33. The quantitative estimate of drug-likeness (QED) is 0.544. The molecule has 1 N–H and O–H groups in total. The molecular weight excluding hydrogens is 372 g/mol. The first-order valence-corrected chi connectivity index (χ1v) is 8.78. The Morgan fingerprint density at radius 1 is 1.00 bits per heavy atom. The number of rotatable bonds is 8. The van der Waals surface area contributed by atoms with Crippen LogP contribution in [0.3, 0.4) is 0 Å². The van der Waals surface area contributed by atoms with Gasteiger partial charge in [0, 0.05) is 14.1 Å². The Morgan fingerprint density at radius 3 is 2.10 bits per heavy atom. The van der Waals surface area contributed by atoms with Crippen molar-refractivity contribution in [1.29, 1.82) is 5.26 Å². The number of nitrogens with zero attached hydrogens (tertiary/aromatic N) is 3. The molecule has 29 heavy (non-hydrogen) atoms. The molecule has 0 fully saturated rings. The monoisotopic (exact) mass is 394 g/mol. The normalized spacial score (nSPS) is 10.6. The number of likely N-dealkylation sites (N-methyl/N-ethyl adjacent to an activating group) is 1. The molecule has 0 unspecified atom stereocenters. The van der Waals surface area contributed by atoms with Crippen molar-refractivity contribution in [3.05, 3.63) is 59.7 Å². The molecule has 2 rings (SSSR count). The number of ether oxygens (including phenoxy) is 2. The number of hydrogen-bond donors (Lipinski definition) is 1. The lowest BCUT2D eigenvalue weighted by atomic mass is 10.1. The van der Waals surface area contributed by atoms with E-state index in [0.29, 0.717) is 22.8 Å². The summed E-state index contributed by atoms with van der Waals surface area (Å²) in [5.41, 5.74) is 4.35. The topological polar surface area (TPSA) is 104 Å². The Hall–Kier alpha value is -3.86. The Labute approximate surface area is 169 Å². The highest BCUT2D eigenvalue weighted by atomic mass is 16.5. The molecule has 0 aliphatic heterocycles. The third-order valence-electron chi connectivity index (χ3n) is 3.83. The Kier molecular flexibility index (Phi) is 7.74. The largest absolute Gasteiger partial charge is 0.484 e. The molecule has 150 valence electrons. The molecular formula is C21H22N4O4. The number of hydrogen-bond acceptors (Lipinski definition) is 6. The molecule has 0 saturated heterocycles. The van der Waals surface area contributed by atoms with Crippen LogP contribution in [-0.2, 0) is 9.59 Å². The molecule has 0 aliphatic carbocycles. The van der Waals surface area contributed by atoms with Gasteiger partial charge in [-0.2, -0.15) is 10.4 Å². The number of carbonyl (C=O) groups excluding carboxylic acids is 2. The number of benzene rings is 2. The molecule has 0 aromatic heterocycles. The van der Waals surface area contributed by atoms with Crippen molar-refractivity contribution in [3.8, 4) is 17.6 Å². The standard InChI is InChI=1S/C21H22N4O4/c1-15(17-6-10-19(11-7-17)29-14-21(27)25(2)3)23-24-20(26)13-28-18-8-4-16(12-22)5-9-18/h4-11H,13-14H2,1-3H3,(H,24,26)/b23-15+. The van der Waals surface area contributed by atoms with E-state index in [0.717, 1.165) is 5.56 Å². The van der Waals surface area contributed by atoms with Gasteiger partial charge in [0.1, 0.15) is 11.5 Å². The van der Waals surface area contributed by atoms with E-state index in [-0.39, 0.29) is 19.1 Å². The number of hydrazone groups is 1. The van der Waals surface area contributed by atoms with Crippen molar-refractivity contribution in [3.63, 3.8) is 0 Å². The second-order valence-electron chi connectivity index (χ2n) is 6.26. The molecule has 2 aromatic rings. The highest BCUT2D eigenvalue weighted by Gasteiger charge is 2.06. The summed E-state index contributed by atoms with van der Waals surface area (Å²) >= 11 is 0. The molecule has 0 spiro atoms. The molecule has 0 radical (unpaired) electrons. The second-order valence-corrected chi connectivity index (χ2v) is 6.26. The van der Waals surface area contributed by atoms with Gasteiger partial charge in [-0.05, 0) is 61.0 Å². The van der Waals surface area contributed by atoms with Crippen LogP contribution in [0.4, 0.5) is 0 Å². The molecule has 8 heteroatoms. The van der Waals surface area contributed by atoms with Crippen LogP contribution in [0.15, 0.2) is 53.6 Å². The molecule has 0 atom stereocenters. The van der Waals surface area contributed by atoms with E-state index in [1.807, 2.05) is 6.07 Å². The van der Waals surface area contributed by atoms with Crippen LogP contribution in [-0.4, -0.2) is 49.7 Å². The van der Waals surface area contributed by atoms with Gasteiger partial charge in [-0.25, -0.2) is 5.43 Å². The van der Waals surface area contributed by atoms with Crippen molar-refractivity contribution >= 4 is 17.5 Å². The third-order valence-corrected chi connectivity index (χ3v) is 3.83. The Morgan fingerprint density at radius 2 is 1.55 bits per heavy atom. The maximum atomic E-state index is 11.9. The first-order valence-electron chi connectivity index (χ1n) is 8.78. The summed E-state index contributed by atoms with van der Waals surface area (Å²) in [6.45, 7) is 1.53. The van der Waals surface area contributed by atoms with Gasteiger partial charge < -0.3 is 14.4 Å². The Balaban J connectivity index is 1.82. The third kappa shape index (κ3) is 6.99. The summed E-state index contributed by atoms with van der Waals surface area (Å²) in [5.74, 6) is 0.522. The van der Waals surface area contributed by atoms with Crippen LogP contribution in [0.1, 0.15) is 18.1 Å². The van der Waals surface area contributed by atoms with Crippen molar-refractivity contribution in [1.82, 2.24) is 10.3 Å². The molecule has 0 saturated carbocycles. The van der Waals surface area contributed by atoms with E-state index < -0.39 is 5.91 Å². The van der Waals surface area contributed by atoms with Gasteiger partial charge in [-0.1, -0.05) is 0 Å². The van der Waals surface area contributed by atoms with E-state index in [2.05, 4.69) is 10.5 Å². The maximum absolute atomic E-state index is 11.9. The molecule has 2 amide bonds. The molecule has 0 heterocycles. The van der Waals surface area contributed by atoms with Gasteiger partial charge in [0.2, 0.25) is 0 Å². The lowest BCUT2D eigenvalue weighted by molar-refractivity contribution is -0.130. The lowest BCUT2D eigenvalue weighted by Gasteiger charge is -2.11. The smallest absolute Gasteiger partial charge is 0.277 e. The number of nitriles is 1. The first-order chi connectivity index (χ1) is 13.9. The second kappa shape index (κ2) is 10.5. The molecule has 0 aliphatic rings. The molecule has 8 nitrogen and oxygen atoms in total. The maximum Gasteiger partial charge on any atom is 0.277 e. The number of amides is 2. The van der Waals surface area contributed by atoms with Crippen LogP contribution in [0.2, 0.25) is 0 Å². The average molecular weight is 394 g/mol. The van der Waals surface area contributed by atoms with E-state index in [1.165, 1.54) is 4.90 Å². The zero-order valence-corrected chi connectivity index (χ0v) is 16.5. The summed E-state index contributed by atoms with van der Waals surface area (Å²) in [5, 5.41) is 12.8. The minimum atomic E-state index is -0.407. The summed E-state index contributed by atoms with van der Waals surface area (Å²) < 4.78 is 10.8. The highest BCUT2D eigenvalue weighted by Crippen LogP contribution is 2.13. The van der Waals surface area contributed by atoms with E-state index in [9.17, 15) is 9.59 Å². The van der Waals surface area contributed by atoms with Gasteiger partial charge in [0.25, 0.3) is 11.8 Å². The van der Waals surface area contributed by atoms with Crippen molar-refractivity contribution in [2.75, 3.05) is 27.3 Å². The van der Waals surface area contributed by atoms with Crippen LogP contribution in [0, 0.1) is 11.3 Å². The van der Waals surface area contributed by atoms with Gasteiger partial charge in [-0.15, -0.1) is 0 Å². The SMILES string of the molecule is C/C(=N\NC(=O)COc1ccc(C#N)cc1)c1ccc(OCC(=O)N(C)C)cc1. The number of nitrogens with one attached hydrogen (secondary N) is 1. The minimum Gasteiger partial charge on any atom is -0.484 e. The van der Waals surface area contributed by atoms with E-state index in [1.54, 1.807) is 69.6 Å². The summed E-state index contributed by atoms with van der Waals surface area (Å²) in [6, 6.07) is 15.5. The Bertz CT molecular complexity index is 913. The van der Waals surface area contributed by atoms with Gasteiger partial charge in [-0.3, -0.25) is 9.59 Å². The predicted molar refractivity (Wildman–Crippen MR) is 108 cm³/mol. The molecule has 2 aromatic carbocycles. The van der Waals surface area contributed by atoms with Gasteiger partial charge in [0.15, 0.2) is 13.2 Å². The fraction of sp³-hybridized carbons (Fsp3) is 0.238. The zero-order chi connectivity index (χ0) is 21.2. The molecule has 0 bridgehead atoms. The van der Waals surface area contributed by atoms with Crippen LogP contribution < -0.4 is 14.9 Å².